The molecule has 0 spiro atoms. The largest absolute Gasteiger partial charge is 0.479 e. The lowest BCUT2D eigenvalue weighted by molar-refractivity contribution is -0.171. The van der Waals surface area contributed by atoms with Crippen molar-refractivity contribution in [1.29, 1.82) is 0 Å². The Morgan fingerprint density at radius 1 is 1.50 bits per heavy atom. The Morgan fingerprint density at radius 2 is 2.06 bits per heavy atom. The van der Waals surface area contributed by atoms with Crippen molar-refractivity contribution in [2.24, 2.45) is 11.8 Å². The molecule has 0 bridgehead atoms. The number of alkyl halides is 1. The van der Waals surface area contributed by atoms with Crippen molar-refractivity contribution in [2.75, 3.05) is 12.5 Å². The van der Waals surface area contributed by atoms with Gasteiger partial charge in [-0.25, -0.2) is 4.79 Å². The number of halogens is 1. The van der Waals surface area contributed by atoms with Crippen LogP contribution < -0.4 is 0 Å². The molecule has 0 radical (unpaired) electrons. The zero-order valence-corrected chi connectivity index (χ0v) is 10.8. The SMILES string of the molecule is CC(C)C1CCC(OCCCl)(C(=O)O)CC1. The molecule has 4 heteroatoms. The van der Waals surface area contributed by atoms with Crippen molar-refractivity contribution in [1.82, 2.24) is 0 Å². The van der Waals surface area contributed by atoms with E-state index in [-0.39, 0.29) is 0 Å². The Labute approximate surface area is 102 Å². The number of hydrogen-bond donors (Lipinski definition) is 1. The highest BCUT2D eigenvalue weighted by molar-refractivity contribution is 6.18. The monoisotopic (exact) mass is 248 g/mol. The smallest absolute Gasteiger partial charge is 0.335 e. The highest BCUT2D eigenvalue weighted by Gasteiger charge is 2.43. The van der Waals surface area contributed by atoms with Crippen LogP contribution in [-0.2, 0) is 9.53 Å². The van der Waals surface area contributed by atoms with Crippen LogP contribution >= 0.6 is 11.6 Å². The Kier molecular flexibility index (Phi) is 5.06. The van der Waals surface area contributed by atoms with Crippen LogP contribution in [0.25, 0.3) is 0 Å². The first-order chi connectivity index (χ1) is 7.52. The molecule has 0 aliphatic heterocycles. The molecular weight excluding hydrogens is 228 g/mol. The number of hydrogen-bond acceptors (Lipinski definition) is 2. The second-order valence-corrected chi connectivity index (χ2v) is 5.30. The summed E-state index contributed by atoms with van der Waals surface area (Å²) < 4.78 is 5.48. The number of carboxylic acids is 1. The standard InChI is InChI=1S/C12H21ClO3/c1-9(2)10-3-5-12(6-4-10,11(14)15)16-8-7-13/h9-10H,3-8H2,1-2H3,(H,14,15). The van der Waals surface area contributed by atoms with Crippen molar-refractivity contribution >= 4 is 17.6 Å². The Balaban J connectivity index is 2.59. The van der Waals surface area contributed by atoms with Crippen molar-refractivity contribution in [3.8, 4) is 0 Å². The van der Waals surface area contributed by atoms with Gasteiger partial charge in [0.15, 0.2) is 5.60 Å². The van der Waals surface area contributed by atoms with Crippen LogP contribution in [0.3, 0.4) is 0 Å². The number of carbonyl (C=O) groups is 1. The van der Waals surface area contributed by atoms with Crippen LogP contribution in [0.15, 0.2) is 0 Å². The van der Waals surface area contributed by atoms with E-state index in [1.807, 2.05) is 0 Å². The summed E-state index contributed by atoms with van der Waals surface area (Å²) in [6, 6.07) is 0. The van der Waals surface area contributed by atoms with Gasteiger partial charge in [-0.2, -0.15) is 0 Å². The van der Waals surface area contributed by atoms with Crippen molar-refractivity contribution < 1.29 is 14.6 Å². The quantitative estimate of drug-likeness (QED) is 0.761. The fourth-order valence-electron chi connectivity index (χ4n) is 2.43. The predicted octanol–water partition coefficient (Wildman–Crippen LogP) is 2.91. The molecule has 1 aliphatic rings. The zero-order chi connectivity index (χ0) is 12.2. The zero-order valence-electron chi connectivity index (χ0n) is 10.0. The van der Waals surface area contributed by atoms with Crippen molar-refractivity contribution in [3.05, 3.63) is 0 Å². The number of rotatable bonds is 5. The summed E-state index contributed by atoms with van der Waals surface area (Å²) in [5.41, 5.74) is -0.972. The van der Waals surface area contributed by atoms with Gasteiger partial charge in [0.2, 0.25) is 0 Å². The van der Waals surface area contributed by atoms with Crippen LogP contribution in [0.4, 0.5) is 0 Å². The van der Waals surface area contributed by atoms with E-state index in [1.54, 1.807) is 0 Å². The van der Waals surface area contributed by atoms with Crippen LogP contribution in [0, 0.1) is 11.8 Å². The molecule has 0 unspecified atom stereocenters. The maximum atomic E-state index is 11.3. The van der Waals surface area contributed by atoms with E-state index in [1.165, 1.54) is 0 Å². The molecule has 0 aromatic carbocycles. The number of ether oxygens (including phenoxy) is 1. The number of carboxylic acid groups (broad SMARTS) is 1. The van der Waals surface area contributed by atoms with Gasteiger partial charge in [0.1, 0.15) is 0 Å². The van der Waals surface area contributed by atoms with Gasteiger partial charge >= 0.3 is 5.97 Å². The molecule has 1 aliphatic carbocycles. The molecule has 0 atom stereocenters. The van der Waals surface area contributed by atoms with Gasteiger partial charge in [0.25, 0.3) is 0 Å². The fourth-order valence-corrected chi connectivity index (χ4v) is 2.50. The normalized spacial score (nSPS) is 30.6. The lowest BCUT2D eigenvalue weighted by atomic mass is 9.74. The van der Waals surface area contributed by atoms with E-state index >= 15 is 0 Å². The highest BCUT2D eigenvalue weighted by Crippen LogP contribution is 2.38. The summed E-state index contributed by atoms with van der Waals surface area (Å²) in [4.78, 5) is 11.3. The first kappa shape index (κ1) is 13.8. The molecule has 1 N–H and O–H groups in total. The molecular formula is C12H21ClO3. The molecule has 0 heterocycles. The summed E-state index contributed by atoms with van der Waals surface area (Å²) in [6.45, 7) is 4.70. The lowest BCUT2D eigenvalue weighted by Gasteiger charge is -2.37. The average Bonchev–Trinajstić information content (AvgIpc) is 2.26. The molecule has 0 amide bonds. The van der Waals surface area contributed by atoms with Gasteiger partial charge in [0, 0.05) is 5.88 Å². The maximum Gasteiger partial charge on any atom is 0.335 e. The molecule has 0 aromatic heterocycles. The fraction of sp³-hybridized carbons (Fsp3) is 0.917. The van der Waals surface area contributed by atoms with E-state index in [0.717, 1.165) is 12.8 Å². The second kappa shape index (κ2) is 5.87. The van der Waals surface area contributed by atoms with Crippen molar-refractivity contribution in [2.45, 2.75) is 45.1 Å². The molecule has 3 nitrogen and oxygen atoms in total. The van der Waals surface area contributed by atoms with E-state index in [4.69, 9.17) is 16.3 Å². The van der Waals surface area contributed by atoms with E-state index < -0.39 is 11.6 Å². The molecule has 0 saturated heterocycles. The van der Waals surface area contributed by atoms with Gasteiger partial charge in [-0.3, -0.25) is 0 Å². The first-order valence-electron chi connectivity index (χ1n) is 5.95. The Morgan fingerprint density at radius 3 is 2.44 bits per heavy atom. The molecule has 1 rings (SSSR count). The summed E-state index contributed by atoms with van der Waals surface area (Å²) in [6.07, 6.45) is 3.10. The number of aliphatic carboxylic acids is 1. The topological polar surface area (TPSA) is 46.5 Å². The third-order valence-corrected chi connectivity index (χ3v) is 3.78. The van der Waals surface area contributed by atoms with Gasteiger partial charge in [-0.1, -0.05) is 13.8 Å². The van der Waals surface area contributed by atoms with Crippen LogP contribution in [-0.4, -0.2) is 29.2 Å². The maximum absolute atomic E-state index is 11.3. The minimum atomic E-state index is -0.972. The van der Waals surface area contributed by atoms with Gasteiger partial charge in [0.05, 0.1) is 6.61 Å². The van der Waals surface area contributed by atoms with E-state index in [9.17, 15) is 9.90 Å². The summed E-state index contributed by atoms with van der Waals surface area (Å²) >= 11 is 5.55. The van der Waals surface area contributed by atoms with Gasteiger partial charge in [-0.15, -0.1) is 11.6 Å². The Bertz CT molecular complexity index is 232. The van der Waals surface area contributed by atoms with E-state index in [0.29, 0.717) is 37.2 Å². The second-order valence-electron chi connectivity index (χ2n) is 4.92. The van der Waals surface area contributed by atoms with Crippen LogP contribution in [0.2, 0.25) is 0 Å². The molecule has 1 fully saturated rings. The molecule has 16 heavy (non-hydrogen) atoms. The van der Waals surface area contributed by atoms with Crippen molar-refractivity contribution in [3.63, 3.8) is 0 Å². The summed E-state index contributed by atoms with van der Waals surface area (Å²) in [5, 5.41) is 9.27. The minimum Gasteiger partial charge on any atom is -0.479 e. The first-order valence-corrected chi connectivity index (χ1v) is 6.48. The minimum absolute atomic E-state index is 0.320. The molecule has 1 saturated carbocycles. The Hall–Kier alpha value is -0.280. The van der Waals surface area contributed by atoms with Crippen LogP contribution in [0.5, 0.6) is 0 Å². The van der Waals surface area contributed by atoms with Crippen LogP contribution in [0.1, 0.15) is 39.5 Å². The molecule has 94 valence electrons. The summed E-state index contributed by atoms with van der Waals surface area (Å²) in [7, 11) is 0. The molecule has 0 aromatic rings. The third kappa shape index (κ3) is 3.11. The predicted molar refractivity (Wildman–Crippen MR) is 63.8 cm³/mol. The highest BCUT2D eigenvalue weighted by atomic mass is 35.5. The lowest BCUT2D eigenvalue weighted by Crippen LogP contribution is -2.45. The van der Waals surface area contributed by atoms with E-state index in [2.05, 4.69) is 13.8 Å². The summed E-state index contributed by atoms with van der Waals surface area (Å²) in [5.74, 6) is 0.773. The third-order valence-electron chi connectivity index (χ3n) is 3.63. The van der Waals surface area contributed by atoms with Gasteiger partial charge in [-0.05, 0) is 37.5 Å². The average molecular weight is 249 g/mol. The van der Waals surface area contributed by atoms with Gasteiger partial charge < -0.3 is 9.84 Å².